The van der Waals surface area contributed by atoms with Gasteiger partial charge in [-0.3, -0.25) is 14.6 Å². The first-order valence-corrected chi connectivity index (χ1v) is 14.6. The molecule has 5 rings (SSSR count). The minimum Gasteiger partial charge on any atom is -0.492 e. The Balaban J connectivity index is 1.31. The van der Waals surface area contributed by atoms with Crippen molar-refractivity contribution in [2.75, 3.05) is 33.3 Å². The number of piperazine rings is 1. The standard InChI is InChI=1S/C33H37ClN4O3/c1-23(39)38-21-27-20-28(25-14-12-24(13-15-25)8-7-19-41-31-11-4-3-10-29(31)34)32(30(22-38)36-27)33(40)37(2)18-16-26-9-5-6-17-35-26/h3-6,9-15,17,27,30,36H,7-8,16,18-22H2,1-2H3. The van der Waals surface area contributed by atoms with Crippen LogP contribution in [0.25, 0.3) is 5.57 Å². The van der Waals surface area contributed by atoms with E-state index in [0.29, 0.717) is 49.9 Å². The van der Waals surface area contributed by atoms with Crippen molar-refractivity contribution in [3.63, 3.8) is 0 Å². The number of fused-ring (bicyclic) bond motifs is 2. The highest BCUT2D eigenvalue weighted by Crippen LogP contribution is 2.34. The zero-order valence-electron chi connectivity index (χ0n) is 23.7. The largest absolute Gasteiger partial charge is 0.492 e. The zero-order chi connectivity index (χ0) is 28.8. The van der Waals surface area contributed by atoms with Gasteiger partial charge in [-0.15, -0.1) is 0 Å². The van der Waals surface area contributed by atoms with E-state index in [1.54, 1.807) is 18.0 Å². The Morgan fingerprint density at radius 1 is 1.05 bits per heavy atom. The minimum absolute atomic E-state index is 0.00178. The fourth-order valence-corrected chi connectivity index (χ4v) is 5.84. The molecule has 0 aliphatic carbocycles. The number of aryl methyl sites for hydroxylation is 1. The van der Waals surface area contributed by atoms with Crippen LogP contribution < -0.4 is 10.1 Å². The highest BCUT2D eigenvalue weighted by molar-refractivity contribution is 6.32. The third kappa shape index (κ3) is 7.16. The molecule has 2 bridgehead atoms. The van der Waals surface area contributed by atoms with Gasteiger partial charge in [0.25, 0.3) is 5.91 Å². The van der Waals surface area contributed by atoms with E-state index in [4.69, 9.17) is 16.3 Å². The van der Waals surface area contributed by atoms with E-state index >= 15 is 0 Å². The molecule has 2 unspecified atom stereocenters. The number of nitrogens with zero attached hydrogens (tertiary/aromatic N) is 3. The van der Waals surface area contributed by atoms with Crippen molar-refractivity contribution >= 4 is 29.0 Å². The maximum atomic E-state index is 13.9. The first-order chi connectivity index (χ1) is 19.9. The summed E-state index contributed by atoms with van der Waals surface area (Å²) >= 11 is 6.19. The van der Waals surface area contributed by atoms with Gasteiger partial charge in [0.1, 0.15) is 5.75 Å². The molecule has 1 aromatic heterocycles. The van der Waals surface area contributed by atoms with Gasteiger partial charge < -0.3 is 19.9 Å². The monoisotopic (exact) mass is 572 g/mol. The van der Waals surface area contributed by atoms with Crippen molar-refractivity contribution in [1.82, 2.24) is 20.1 Å². The summed E-state index contributed by atoms with van der Waals surface area (Å²) in [5.41, 5.74) is 5.07. The second-order valence-electron chi connectivity index (χ2n) is 10.8. The Bertz CT molecular complexity index is 1390. The molecule has 2 atom stereocenters. The van der Waals surface area contributed by atoms with Gasteiger partial charge in [-0.05, 0) is 60.2 Å². The topological polar surface area (TPSA) is 74.8 Å². The number of pyridine rings is 1. The van der Waals surface area contributed by atoms with Crippen molar-refractivity contribution in [3.05, 3.63) is 100 Å². The van der Waals surface area contributed by atoms with E-state index in [-0.39, 0.29) is 23.9 Å². The summed E-state index contributed by atoms with van der Waals surface area (Å²) in [7, 11) is 1.85. The normalized spacial score (nSPS) is 18.3. The van der Waals surface area contributed by atoms with Crippen molar-refractivity contribution in [2.45, 2.75) is 44.7 Å². The third-order valence-electron chi connectivity index (χ3n) is 7.86. The number of rotatable bonds is 10. The van der Waals surface area contributed by atoms with Gasteiger partial charge in [0.05, 0.1) is 17.7 Å². The fraction of sp³-hybridized carbons (Fsp3) is 0.364. The second kappa shape index (κ2) is 13.3. The molecule has 214 valence electrons. The summed E-state index contributed by atoms with van der Waals surface area (Å²) in [6, 6.07) is 21.8. The van der Waals surface area contributed by atoms with Crippen molar-refractivity contribution in [1.29, 1.82) is 0 Å². The van der Waals surface area contributed by atoms with Gasteiger partial charge in [-0.25, -0.2) is 0 Å². The first-order valence-electron chi connectivity index (χ1n) is 14.3. The van der Waals surface area contributed by atoms with Crippen LogP contribution in [0, 0.1) is 0 Å². The van der Waals surface area contributed by atoms with Crippen LogP contribution >= 0.6 is 11.6 Å². The number of amides is 2. The lowest BCUT2D eigenvalue weighted by Crippen LogP contribution is -2.61. The van der Waals surface area contributed by atoms with E-state index in [1.807, 2.05) is 54.4 Å². The molecule has 0 saturated carbocycles. The lowest BCUT2D eigenvalue weighted by atomic mass is 9.82. The van der Waals surface area contributed by atoms with Gasteiger partial charge in [0, 0.05) is 63.5 Å². The van der Waals surface area contributed by atoms with Crippen LogP contribution in [-0.2, 0) is 22.4 Å². The van der Waals surface area contributed by atoms with E-state index < -0.39 is 0 Å². The van der Waals surface area contributed by atoms with Crippen LogP contribution in [0.15, 0.2) is 78.5 Å². The Morgan fingerprint density at radius 2 is 1.83 bits per heavy atom. The molecule has 2 amide bonds. The molecule has 3 aromatic rings. The number of carbonyl (C=O) groups is 2. The summed E-state index contributed by atoms with van der Waals surface area (Å²) in [6.45, 7) is 3.89. The van der Waals surface area contributed by atoms with Gasteiger partial charge in [0.2, 0.25) is 5.91 Å². The number of halogens is 1. The van der Waals surface area contributed by atoms with Crippen LogP contribution in [0.3, 0.4) is 0 Å². The number of carbonyl (C=O) groups excluding carboxylic acids is 2. The molecule has 0 spiro atoms. The Kier molecular flexibility index (Phi) is 9.37. The quantitative estimate of drug-likeness (QED) is 0.354. The summed E-state index contributed by atoms with van der Waals surface area (Å²) < 4.78 is 5.84. The summed E-state index contributed by atoms with van der Waals surface area (Å²) in [4.78, 5) is 34.2. The molecule has 41 heavy (non-hydrogen) atoms. The third-order valence-corrected chi connectivity index (χ3v) is 8.18. The van der Waals surface area contributed by atoms with Crippen LogP contribution in [0.5, 0.6) is 5.75 Å². The van der Waals surface area contributed by atoms with E-state index in [9.17, 15) is 9.59 Å². The predicted octanol–water partition coefficient (Wildman–Crippen LogP) is 4.79. The Morgan fingerprint density at radius 3 is 2.56 bits per heavy atom. The highest BCUT2D eigenvalue weighted by atomic mass is 35.5. The van der Waals surface area contributed by atoms with Crippen LogP contribution in [0.4, 0.5) is 0 Å². The number of hydrogen-bond donors (Lipinski definition) is 1. The zero-order valence-corrected chi connectivity index (χ0v) is 24.4. The number of likely N-dealkylation sites (N-methyl/N-ethyl adjacent to an activating group) is 1. The number of aromatic nitrogens is 1. The average molecular weight is 573 g/mol. The molecule has 2 aliphatic heterocycles. The molecule has 1 fully saturated rings. The summed E-state index contributed by atoms with van der Waals surface area (Å²) in [5.74, 6) is 0.750. The van der Waals surface area contributed by atoms with Gasteiger partial charge in [-0.1, -0.05) is 54.1 Å². The number of nitrogens with one attached hydrogen (secondary N) is 1. The fourth-order valence-electron chi connectivity index (χ4n) is 5.65. The lowest BCUT2D eigenvalue weighted by Gasteiger charge is -2.44. The van der Waals surface area contributed by atoms with Gasteiger partial charge >= 0.3 is 0 Å². The highest BCUT2D eigenvalue weighted by Gasteiger charge is 2.39. The molecule has 2 aromatic carbocycles. The van der Waals surface area contributed by atoms with E-state index in [0.717, 1.165) is 35.2 Å². The molecular weight excluding hydrogens is 536 g/mol. The van der Waals surface area contributed by atoms with Crippen LogP contribution in [-0.4, -0.2) is 72.0 Å². The Hall–Kier alpha value is -3.68. The molecule has 0 radical (unpaired) electrons. The average Bonchev–Trinajstić information content (AvgIpc) is 2.99. The van der Waals surface area contributed by atoms with Gasteiger partial charge in [-0.2, -0.15) is 0 Å². The van der Waals surface area contributed by atoms with Gasteiger partial charge in [0.15, 0.2) is 0 Å². The number of para-hydroxylation sites is 1. The molecule has 3 heterocycles. The maximum Gasteiger partial charge on any atom is 0.251 e. The first kappa shape index (κ1) is 28.8. The van der Waals surface area contributed by atoms with E-state index in [1.165, 1.54) is 5.56 Å². The molecule has 1 N–H and O–H groups in total. The number of ether oxygens (including phenoxy) is 1. The Labute approximate surface area is 247 Å². The predicted molar refractivity (Wildman–Crippen MR) is 162 cm³/mol. The van der Waals surface area contributed by atoms with Crippen molar-refractivity contribution in [3.8, 4) is 5.75 Å². The second-order valence-corrected chi connectivity index (χ2v) is 11.2. The van der Waals surface area contributed by atoms with Crippen LogP contribution in [0.2, 0.25) is 5.02 Å². The maximum absolute atomic E-state index is 13.9. The number of benzene rings is 2. The van der Waals surface area contributed by atoms with Crippen molar-refractivity contribution in [2.24, 2.45) is 0 Å². The van der Waals surface area contributed by atoms with Crippen molar-refractivity contribution < 1.29 is 14.3 Å². The van der Waals surface area contributed by atoms with E-state index in [2.05, 4.69) is 34.6 Å². The SMILES string of the molecule is CC(=O)N1CC2CC(c3ccc(CCCOc4ccccc4Cl)cc3)=C(C(=O)N(C)CCc3ccccn3)C(C1)N2. The summed E-state index contributed by atoms with van der Waals surface area (Å²) in [6.07, 6.45) is 4.90. The molecule has 2 aliphatic rings. The molecule has 8 heteroatoms. The number of hydrogen-bond acceptors (Lipinski definition) is 5. The molecule has 7 nitrogen and oxygen atoms in total. The minimum atomic E-state index is -0.201. The molecular formula is C33H37ClN4O3. The lowest BCUT2D eigenvalue weighted by molar-refractivity contribution is -0.132. The molecule has 1 saturated heterocycles. The van der Waals surface area contributed by atoms with Crippen LogP contribution in [0.1, 0.15) is 36.6 Å². The smallest absolute Gasteiger partial charge is 0.251 e. The summed E-state index contributed by atoms with van der Waals surface area (Å²) in [5, 5.41) is 4.25.